The molecule has 1 aliphatic rings. The van der Waals surface area contributed by atoms with Gasteiger partial charge < -0.3 is 10.1 Å². The lowest BCUT2D eigenvalue weighted by atomic mass is 9.74. The number of ether oxygens (including phenoxy) is 1. The van der Waals surface area contributed by atoms with Crippen LogP contribution in [0.5, 0.6) is 5.75 Å². The Labute approximate surface area is 124 Å². The van der Waals surface area contributed by atoms with E-state index in [0.29, 0.717) is 0 Å². The highest BCUT2D eigenvalue weighted by Gasteiger charge is 2.34. The van der Waals surface area contributed by atoms with Crippen LogP contribution in [0.25, 0.3) is 0 Å². The number of hydrogen-bond donors (Lipinski definition) is 1. The van der Waals surface area contributed by atoms with E-state index in [1.54, 1.807) is 7.11 Å². The summed E-state index contributed by atoms with van der Waals surface area (Å²) < 4.78 is 5.32. The molecule has 3 heteroatoms. The molecule has 0 amide bonds. The van der Waals surface area contributed by atoms with Gasteiger partial charge in [0, 0.05) is 33.4 Å². The number of hydrogen-bond acceptors (Lipinski definition) is 2. The Kier molecular flexibility index (Phi) is 2.94. The van der Waals surface area contributed by atoms with Crippen LogP contribution < -0.4 is 10.1 Å². The van der Waals surface area contributed by atoms with Crippen molar-refractivity contribution in [3.05, 3.63) is 52.0 Å². The molecule has 2 aromatic carbocycles. The summed E-state index contributed by atoms with van der Waals surface area (Å²) in [5.74, 6) is 0.856. The third kappa shape index (κ3) is 1.87. The molecular weight excluding hydrogens is 270 g/mol. The molecule has 0 spiro atoms. The van der Waals surface area contributed by atoms with Crippen molar-refractivity contribution < 1.29 is 4.74 Å². The van der Waals surface area contributed by atoms with E-state index in [0.717, 1.165) is 33.3 Å². The van der Waals surface area contributed by atoms with Crippen molar-refractivity contribution in [2.75, 3.05) is 12.4 Å². The van der Waals surface area contributed by atoms with Gasteiger partial charge in [0.1, 0.15) is 5.75 Å². The second kappa shape index (κ2) is 4.42. The second-order valence-electron chi connectivity index (χ2n) is 5.83. The van der Waals surface area contributed by atoms with E-state index in [9.17, 15) is 0 Å². The van der Waals surface area contributed by atoms with Gasteiger partial charge in [-0.15, -0.1) is 0 Å². The summed E-state index contributed by atoms with van der Waals surface area (Å²) in [5.41, 5.74) is 5.58. The number of aryl methyl sites for hydroxylation is 1. The van der Waals surface area contributed by atoms with Crippen LogP contribution in [0.3, 0.4) is 0 Å². The van der Waals surface area contributed by atoms with Gasteiger partial charge in [0.25, 0.3) is 0 Å². The lowest BCUT2D eigenvalue weighted by Crippen LogP contribution is -2.26. The van der Waals surface area contributed by atoms with E-state index >= 15 is 0 Å². The van der Waals surface area contributed by atoms with Gasteiger partial charge in [-0.1, -0.05) is 31.5 Å². The molecule has 1 heterocycles. The maximum Gasteiger partial charge on any atom is 0.120 e. The quantitative estimate of drug-likeness (QED) is 0.793. The Morgan fingerprint density at radius 2 is 1.85 bits per heavy atom. The van der Waals surface area contributed by atoms with Crippen molar-refractivity contribution in [2.24, 2.45) is 0 Å². The van der Waals surface area contributed by atoms with Gasteiger partial charge in [0.15, 0.2) is 0 Å². The minimum Gasteiger partial charge on any atom is -0.497 e. The predicted molar refractivity (Wildman–Crippen MR) is 84.6 cm³/mol. The van der Waals surface area contributed by atoms with Gasteiger partial charge in [-0.25, -0.2) is 0 Å². The highest BCUT2D eigenvalue weighted by atomic mass is 35.5. The molecule has 104 valence electrons. The fourth-order valence-corrected chi connectivity index (χ4v) is 3.56. The molecule has 0 fully saturated rings. The number of rotatable bonds is 1. The van der Waals surface area contributed by atoms with E-state index in [1.807, 2.05) is 18.2 Å². The minimum atomic E-state index is -0.132. The van der Waals surface area contributed by atoms with Crippen molar-refractivity contribution in [1.82, 2.24) is 0 Å². The fourth-order valence-electron chi connectivity index (χ4n) is 3.05. The van der Waals surface area contributed by atoms with Gasteiger partial charge in [-0.05, 0) is 36.2 Å². The summed E-state index contributed by atoms with van der Waals surface area (Å²) in [6.07, 6.45) is 0. The van der Waals surface area contributed by atoms with Crippen LogP contribution in [0.2, 0.25) is 5.02 Å². The van der Waals surface area contributed by atoms with Crippen LogP contribution in [-0.4, -0.2) is 7.11 Å². The molecule has 2 nitrogen and oxygen atoms in total. The Morgan fingerprint density at radius 3 is 2.55 bits per heavy atom. The Balaban J connectivity index is 2.25. The third-order valence-corrected chi connectivity index (χ3v) is 4.33. The Morgan fingerprint density at radius 1 is 1.10 bits per heavy atom. The van der Waals surface area contributed by atoms with Crippen LogP contribution in [0.15, 0.2) is 30.3 Å². The average molecular weight is 288 g/mol. The molecule has 20 heavy (non-hydrogen) atoms. The van der Waals surface area contributed by atoms with Crippen molar-refractivity contribution in [2.45, 2.75) is 26.2 Å². The maximum atomic E-state index is 6.49. The first-order chi connectivity index (χ1) is 9.43. The number of benzene rings is 2. The van der Waals surface area contributed by atoms with Crippen LogP contribution in [-0.2, 0) is 5.41 Å². The van der Waals surface area contributed by atoms with E-state index in [-0.39, 0.29) is 5.41 Å². The smallest absolute Gasteiger partial charge is 0.120 e. The third-order valence-electron chi connectivity index (χ3n) is 4.03. The Hall–Kier alpha value is -1.67. The first-order valence-corrected chi connectivity index (χ1v) is 7.07. The lowest BCUT2D eigenvalue weighted by Gasteiger charge is -2.36. The van der Waals surface area contributed by atoms with Crippen molar-refractivity contribution in [3.8, 4) is 5.75 Å². The van der Waals surface area contributed by atoms with Crippen LogP contribution in [0, 0.1) is 6.92 Å². The van der Waals surface area contributed by atoms with Gasteiger partial charge in [-0.2, -0.15) is 0 Å². The van der Waals surface area contributed by atoms with Crippen LogP contribution in [0.1, 0.15) is 30.5 Å². The number of halogens is 1. The monoisotopic (exact) mass is 287 g/mol. The minimum absolute atomic E-state index is 0.132. The number of methoxy groups -OCH3 is 1. The molecular formula is C17H18ClNO. The summed E-state index contributed by atoms with van der Waals surface area (Å²) in [5, 5.41) is 4.31. The normalized spacial score (nSPS) is 15.1. The van der Waals surface area contributed by atoms with E-state index in [2.05, 4.69) is 38.2 Å². The van der Waals surface area contributed by atoms with Crippen molar-refractivity contribution in [3.63, 3.8) is 0 Å². The van der Waals surface area contributed by atoms with Gasteiger partial charge in [-0.3, -0.25) is 0 Å². The molecule has 0 aromatic heterocycles. The summed E-state index contributed by atoms with van der Waals surface area (Å²) in [6, 6.07) is 10.3. The highest BCUT2D eigenvalue weighted by Crippen LogP contribution is 2.49. The molecule has 0 aliphatic carbocycles. The molecule has 0 radical (unpaired) electrons. The van der Waals surface area contributed by atoms with Crippen LogP contribution in [0.4, 0.5) is 11.4 Å². The zero-order valence-electron chi connectivity index (χ0n) is 12.2. The summed E-state index contributed by atoms with van der Waals surface area (Å²) in [6.45, 7) is 6.47. The van der Waals surface area contributed by atoms with Crippen molar-refractivity contribution in [1.29, 1.82) is 0 Å². The zero-order chi connectivity index (χ0) is 14.5. The molecule has 0 bridgehead atoms. The second-order valence-corrected chi connectivity index (χ2v) is 6.24. The number of nitrogens with one attached hydrogen (secondary N) is 1. The van der Waals surface area contributed by atoms with Gasteiger partial charge >= 0.3 is 0 Å². The topological polar surface area (TPSA) is 21.3 Å². The average Bonchev–Trinajstić information content (AvgIpc) is 2.36. The van der Waals surface area contributed by atoms with E-state index in [1.165, 1.54) is 5.56 Å². The first-order valence-electron chi connectivity index (χ1n) is 6.69. The standard InChI is InChI=1S/C17H18ClNO/c1-10-7-13(18)16-15(8-10)19-14-9-11(20-4)5-6-12(14)17(16,2)3/h5-9,19H,1-4H3. The molecule has 1 aliphatic heterocycles. The lowest BCUT2D eigenvalue weighted by molar-refractivity contribution is 0.414. The highest BCUT2D eigenvalue weighted by molar-refractivity contribution is 6.32. The van der Waals surface area contributed by atoms with E-state index < -0.39 is 0 Å². The van der Waals surface area contributed by atoms with Crippen molar-refractivity contribution >= 4 is 23.0 Å². The number of fused-ring (bicyclic) bond motifs is 2. The zero-order valence-corrected chi connectivity index (χ0v) is 12.9. The van der Waals surface area contributed by atoms with Gasteiger partial charge in [0.05, 0.1) is 7.11 Å². The molecule has 0 saturated heterocycles. The summed E-state index contributed by atoms with van der Waals surface area (Å²) in [7, 11) is 1.69. The first kappa shape index (κ1) is 13.3. The predicted octanol–water partition coefficient (Wildman–Crippen LogP) is 5.04. The molecule has 0 unspecified atom stereocenters. The fraction of sp³-hybridized carbons (Fsp3) is 0.294. The summed E-state index contributed by atoms with van der Waals surface area (Å²) >= 11 is 6.49. The molecule has 3 rings (SSSR count). The van der Waals surface area contributed by atoms with Crippen LogP contribution >= 0.6 is 11.6 Å². The summed E-state index contributed by atoms with van der Waals surface area (Å²) in [4.78, 5) is 0. The molecule has 2 aromatic rings. The Bertz CT molecular complexity index is 692. The maximum absolute atomic E-state index is 6.49. The molecule has 0 atom stereocenters. The van der Waals surface area contributed by atoms with E-state index in [4.69, 9.17) is 16.3 Å². The van der Waals surface area contributed by atoms with Gasteiger partial charge in [0.2, 0.25) is 0 Å². The largest absolute Gasteiger partial charge is 0.497 e. The molecule has 1 N–H and O–H groups in total. The SMILES string of the molecule is COc1ccc2c(c1)Nc1cc(C)cc(Cl)c1C2(C)C. The molecule has 0 saturated carbocycles. The number of anilines is 2.